The highest BCUT2D eigenvalue weighted by molar-refractivity contribution is 8.26. The Balaban J connectivity index is 1.38. The predicted octanol–water partition coefficient (Wildman–Crippen LogP) is 4.16. The van der Waals surface area contributed by atoms with E-state index in [9.17, 15) is 9.59 Å². The number of rotatable bonds is 11. The van der Waals surface area contributed by atoms with Gasteiger partial charge in [0.25, 0.3) is 11.5 Å². The van der Waals surface area contributed by atoms with Crippen molar-refractivity contribution in [3.8, 4) is 11.5 Å². The summed E-state index contributed by atoms with van der Waals surface area (Å²) < 4.78 is 14.7. The van der Waals surface area contributed by atoms with Crippen molar-refractivity contribution in [2.45, 2.75) is 26.3 Å². The first-order valence-electron chi connectivity index (χ1n) is 13.1. The number of imidazole rings is 1. The number of hydrogen-bond acceptors (Lipinski definition) is 9. The minimum Gasteiger partial charge on any atom is -0.493 e. The lowest BCUT2D eigenvalue weighted by Crippen LogP contribution is -2.30. The zero-order valence-electron chi connectivity index (χ0n) is 23.0. The van der Waals surface area contributed by atoms with Crippen LogP contribution in [0.25, 0.3) is 11.7 Å². The van der Waals surface area contributed by atoms with E-state index < -0.39 is 0 Å². The molecule has 10 nitrogen and oxygen atoms in total. The molecular weight excluding hydrogens is 560 g/mol. The lowest BCUT2D eigenvalue weighted by molar-refractivity contribution is -0.122. The third-order valence-electron chi connectivity index (χ3n) is 6.75. The van der Waals surface area contributed by atoms with E-state index >= 15 is 0 Å². The molecule has 5 rings (SSSR count). The molecule has 0 spiro atoms. The zero-order valence-corrected chi connectivity index (χ0v) is 24.6. The Morgan fingerprint density at radius 3 is 2.68 bits per heavy atom. The van der Waals surface area contributed by atoms with Crippen LogP contribution in [0.3, 0.4) is 0 Å². The molecule has 1 N–H and O–H groups in total. The number of fused-ring (bicyclic) bond motifs is 1. The van der Waals surface area contributed by atoms with Crippen LogP contribution in [0.1, 0.15) is 23.1 Å². The molecule has 0 aliphatic carbocycles. The Hall–Kier alpha value is -4.16. The lowest BCUT2D eigenvalue weighted by atomic mass is 10.1. The molecule has 1 aliphatic rings. The van der Waals surface area contributed by atoms with Gasteiger partial charge >= 0.3 is 0 Å². The number of ether oxygens (including phenoxy) is 2. The van der Waals surface area contributed by atoms with E-state index in [1.807, 2.05) is 42.0 Å². The van der Waals surface area contributed by atoms with E-state index in [0.717, 1.165) is 24.1 Å². The third-order valence-corrected chi connectivity index (χ3v) is 8.13. The van der Waals surface area contributed by atoms with Crippen molar-refractivity contribution in [1.82, 2.24) is 23.8 Å². The van der Waals surface area contributed by atoms with Crippen molar-refractivity contribution in [2.24, 2.45) is 0 Å². The fraction of sp³-hybridized carbons (Fsp3) is 0.276. The van der Waals surface area contributed by atoms with Crippen molar-refractivity contribution in [3.63, 3.8) is 0 Å². The van der Waals surface area contributed by atoms with Gasteiger partial charge in [0.05, 0.1) is 31.0 Å². The van der Waals surface area contributed by atoms with Crippen LogP contribution >= 0.6 is 24.0 Å². The first-order chi connectivity index (χ1) is 19.9. The molecule has 4 heterocycles. The number of nitrogens with one attached hydrogen (secondary N) is 1. The fourth-order valence-corrected chi connectivity index (χ4v) is 5.86. The second-order valence-corrected chi connectivity index (χ2v) is 11.1. The van der Waals surface area contributed by atoms with Crippen molar-refractivity contribution in [2.75, 3.05) is 32.6 Å². The largest absolute Gasteiger partial charge is 0.493 e. The van der Waals surface area contributed by atoms with E-state index in [0.29, 0.717) is 57.3 Å². The van der Waals surface area contributed by atoms with Gasteiger partial charge in [-0.3, -0.25) is 18.9 Å². The van der Waals surface area contributed by atoms with Crippen molar-refractivity contribution < 1.29 is 14.3 Å². The highest BCUT2D eigenvalue weighted by Crippen LogP contribution is 2.34. The van der Waals surface area contributed by atoms with Gasteiger partial charge in [-0.05, 0) is 55.2 Å². The van der Waals surface area contributed by atoms with Gasteiger partial charge in [0.2, 0.25) is 0 Å². The van der Waals surface area contributed by atoms with Crippen molar-refractivity contribution >= 4 is 51.7 Å². The maximum absolute atomic E-state index is 13.6. The van der Waals surface area contributed by atoms with Crippen molar-refractivity contribution in [1.29, 1.82) is 0 Å². The van der Waals surface area contributed by atoms with Crippen molar-refractivity contribution in [3.05, 3.63) is 87.2 Å². The predicted molar refractivity (Wildman–Crippen MR) is 165 cm³/mol. The molecule has 12 heteroatoms. The molecule has 0 atom stereocenters. The minimum absolute atomic E-state index is 0.236. The highest BCUT2D eigenvalue weighted by atomic mass is 32.2. The normalized spacial score (nSPS) is 14.3. The summed E-state index contributed by atoms with van der Waals surface area (Å²) in [6.45, 7) is 3.66. The Bertz CT molecular complexity index is 1680. The van der Waals surface area contributed by atoms with Gasteiger partial charge in [0, 0.05) is 38.2 Å². The molecule has 1 aliphatic heterocycles. The Morgan fingerprint density at radius 1 is 1.10 bits per heavy atom. The number of aromatic nitrogens is 4. The number of methoxy groups -OCH3 is 2. The van der Waals surface area contributed by atoms with Gasteiger partial charge in [-0.2, -0.15) is 0 Å². The van der Waals surface area contributed by atoms with Gasteiger partial charge in [-0.1, -0.05) is 36.1 Å². The number of amides is 1. The highest BCUT2D eigenvalue weighted by Gasteiger charge is 2.32. The summed E-state index contributed by atoms with van der Waals surface area (Å²) in [6.07, 6.45) is 10.1. The average Bonchev–Trinajstić information content (AvgIpc) is 3.59. The molecule has 1 fully saturated rings. The summed E-state index contributed by atoms with van der Waals surface area (Å²) in [6, 6.07) is 9.38. The zero-order chi connectivity index (χ0) is 28.9. The molecule has 0 bridgehead atoms. The van der Waals surface area contributed by atoms with Crippen LogP contribution in [0, 0.1) is 6.92 Å². The summed E-state index contributed by atoms with van der Waals surface area (Å²) in [5.74, 6) is 1.46. The van der Waals surface area contributed by atoms with E-state index in [2.05, 4.69) is 10.3 Å². The van der Waals surface area contributed by atoms with Gasteiger partial charge < -0.3 is 19.4 Å². The van der Waals surface area contributed by atoms with Gasteiger partial charge in [0.15, 0.2) is 11.5 Å². The second kappa shape index (κ2) is 12.6. The summed E-state index contributed by atoms with van der Waals surface area (Å²) in [5, 5.41) is 3.32. The number of thiocarbonyl (C=S) groups is 1. The van der Waals surface area contributed by atoms with E-state index in [-0.39, 0.29) is 11.5 Å². The number of aryl methyl sites for hydroxylation is 2. The summed E-state index contributed by atoms with van der Waals surface area (Å²) in [5.41, 5.74) is 2.48. The first kappa shape index (κ1) is 28.4. The number of carbonyl (C=O) groups excluding carboxylic acids is 1. The Kier molecular flexibility index (Phi) is 8.70. The van der Waals surface area contributed by atoms with Crippen LogP contribution in [0.4, 0.5) is 5.82 Å². The van der Waals surface area contributed by atoms with Gasteiger partial charge in [-0.15, -0.1) is 0 Å². The molecule has 0 unspecified atom stereocenters. The maximum atomic E-state index is 13.6. The third kappa shape index (κ3) is 6.13. The van der Waals surface area contributed by atoms with Crippen LogP contribution in [-0.4, -0.2) is 61.4 Å². The molecular formula is C29H30N6O4S2. The number of pyridine rings is 1. The van der Waals surface area contributed by atoms with Gasteiger partial charge in [-0.25, -0.2) is 9.97 Å². The maximum Gasteiger partial charge on any atom is 0.267 e. The number of carbonyl (C=O) groups is 1. The topological polar surface area (TPSA) is 103 Å². The van der Waals surface area contributed by atoms with E-state index in [1.165, 1.54) is 16.2 Å². The number of anilines is 1. The smallest absolute Gasteiger partial charge is 0.267 e. The molecule has 3 aromatic heterocycles. The molecule has 1 amide bonds. The number of thioether (sulfide) groups is 1. The summed E-state index contributed by atoms with van der Waals surface area (Å²) >= 11 is 6.75. The number of hydrogen-bond donors (Lipinski definition) is 1. The van der Waals surface area contributed by atoms with E-state index in [4.69, 9.17) is 26.7 Å². The van der Waals surface area contributed by atoms with Crippen LogP contribution in [-0.2, 0) is 17.8 Å². The fourth-order valence-electron chi connectivity index (χ4n) is 4.56. The van der Waals surface area contributed by atoms with E-state index in [1.54, 1.807) is 50.0 Å². The quantitative estimate of drug-likeness (QED) is 0.157. The monoisotopic (exact) mass is 590 g/mol. The standard InChI is InChI=1S/C29H30N6O4S2/c1-19-6-4-13-34-26(19)32-25(31-10-5-12-33-15-11-30-18-33)21(27(34)36)17-24-28(37)35(29(40)41-24)14-9-20-7-8-22(38-2)23(16-20)39-3/h4,6-8,11,13,15-18,31H,5,9-10,12,14H2,1-3H3/b24-17+. The SMILES string of the molecule is COc1ccc(CCN2C(=O)/C(=C\c3c(NCCCn4ccnc4)nc4c(C)cccn4c3=O)SC2=S)cc1OC. The van der Waals surface area contributed by atoms with Crippen LogP contribution in [0.15, 0.2) is 64.9 Å². The number of nitrogens with zero attached hydrogens (tertiary/aromatic N) is 5. The summed E-state index contributed by atoms with van der Waals surface area (Å²) in [4.78, 5) is 37.9. The molecule has 212 valence electrons. The molecule has 1 aromatic carbocycles. The molecule has 1 saturated heterocycles. The Labute approximate surface area is 247 Å². The lowest BCUT2D eigenvalue weighted by Gasteiger charge is -2.15. The molecule has 41 heavy (non-hydrogen) atoms. The Morgan fingerprint density at radius 2 is 1.93 bits per heavy atom. The van der Waals surface area contributed by atoms with Crippen LogP contribution < -0.4 is 20.3 Å². The second-order valence-electron chi connectivity index (χ2n) is 9.42. The van der Waals surface area contributed by atoms with Crippen LogP contribution in [0.5, 0.6) is 11.5 Å². The molecule has 0 saturated carbocycles. The van der Waals surface area contributed by atoms with Crippen LogP contribution in [0.2, 0.25) is 0 Å². The molecule has 4 aromatic rings. The molecule has 0 radical (unpaired) electrons. The minimum atomic E-state index is -0.258. The average molecular weight is 591 g/mol. The first-order valence-corrected chi connectivity index (χ1v) is 14.3. The van der Waals surface area contributed by atoms with Gasteiger partial charge in [0.1, 0.15) is 15.8 Å². The number of benzene rings is 1. The summed E-state index contributed by atoms with van der Waals surface area (Å²) in [7, 11) is 3.17.